The van der Waals surface area contributed by atoms with Gasteiger partial charge in [-0.05, 0) is 31.0 Å². The molecule has 3 N–H and O–H groups in total. The third kappa shape index (κ3) is 5.59. The summed E-state index contributed by atoms with van der Waals surface area (Å²) in [6, 6.07) is 9.52. The van der Waals surface area contributed by atoms with Crippen molar-refractivity contribution in [1.82, 2.24) is 20.3 Å². The number of carbonyl (C=O) groups excluding carboxylic acids is 1. The summed E-state index contributed by atoms with van der Waals surface area (Å²) in [6.07, 6.45) is 8.99. The number of amides is 1. The number of benzene rings is 1. The Morgan fingerprint density at radius 2 is 2.03 bits per heavy atom. The minimum atomic E-state index is -0.0627. The Morgan fingerprint density at radius 3 is 2.72 bits per heavy atom. The van der Waals surface area contributed by atoms with Gasteiger partial charge in [0.2, 0.25) is 5.91 Å². The van der Waals surface area contributed by atoms with Crippen molar-refractivity contribution in [3.05, 3.63) is 66.2 Å². The topological polar surface area (TPSA) is 106 Å². The van der Waals surface area contributed by atoms with Gasteiger partial charge < -0.3 is 10.1 Å². The minimum absolute atomic E-state index is 0.0449. The van der Waals surface area contributed by atoms with E-state index in [1.807, 2.05) is 43.5 Å². The Labute approximate surface area is 188 Å². The highest BCUT2D eigenvalue weighted by Crippen LogP contribution is 2.30. The molecule has 8 heteroatoms. The number of hydrogen-bond acceptors (Lipinski definition) is 7. The summed E-state index contributed by atoms with van der Waals surface area (Å²) in [6.45, 7) is 4.60. The van der Waals surface area contributed by atoms with Crippen molar-refractivity contribution in [2.75, 3.05) is 18.7 Å². The van der Waals surface area contributed by atoms with E-state index in [0.29, 0.717) is 23.8 Å². The van der Waals surface area contributed by atoms with Crippen LogP contribution in [0.2, 0.25) is 0 Å². The number of anilines is 1. The lowest BCUT2D eigenvalue weighted by Crippen LogP contribution is -2.36. The monoisotopic (exact) mass is 434 g/mol. The molecule has 0 aliphatic rings. The first-order valence-corrected chi connectivity index (χ1v) is 10.8. The van der Waals surface area contributed by atoms with Crippen LogP contribution in [0.25, 0.3) is 11.3 Å². The van der Waals surface area contributed by atoms with E-state index in [-0.39, 0.29) is 18.4 Å². The molecule has 1 unspecified atom stereocenters. The molecule has 1 aromatic carbocycles. The molecule has 168 valence electrons. The zero-order valence-electron chi connectivity index (χ0n) is 18.8. The molecule has 1 atom stereocenters. The molecule has 2 aromatic heterocycles. The Bertz CT molecular complexity index is 1030. The zero-order valence-corrected chi connectivity index (χ0v) is 18.8. The van der Waals surface area contributed by atoms with Crippen molar-refractivity contribution in [2.24, 2.45) is 5.84 Å². The fourth-order valence-corrected chi connectivity index (χ4v) is 3.57. The van der Waals surface area contributed by atoms with Gasteiger partial charge in [0.1, 0.15) is 5.75 Å². The third-order valence-corrected chi connectivity index (χ3v) is 5.16. The van der Waals surface area contributed by atoms with E-state index in [4.69, 9.17) is 15.6 Å². The summed E-state index contributed by atoms with van der Waals surface area (Å²) in [5.74, 6) is 7.65. The molecule has 0 aliphatic heterocycles. The Morgan fingerprint density at radius 1 is 1.19 bits per heavy atom. The summed E-state index contributed by atoms with van der Waals surface area (Å²) >= 11 is 0. The van der Waals surface area contributed by atoms with Gasteiger partial charge in [0.05, 0.1) is 37.7 Å². The highest BCUT2D eigenvalue weighted by atomic mass is 16.5. The number of nitrogens with zero attached hydrogens (tertiary/aromatic N) is 4. The predicted molar refractivity (Wildman–Crippen MR) is 125 cm³/mol. The summed E-state index contributed by atoms with van der Waals surface area (Å²) < 4.78 is 5.52. The van der Waals surface area contributed by atoms with E-state index in [1.54, 1.807) is 30.7 Å². The number of likely N-dealkylation sites (N-methyl/N-ethyl adjacent to an activating group) is 1. The minimum Gasteiger partial charge on any atom is -0.496 e. The molecule has 0 radical (unpaired) electrons. The van der Waals surface area contributed by atoms with Crippen molar-refractivity contribution in [2.45, 2.75) is 39.2 Å². The predicted octanol–water partition coefficient (Wildman–Crippen LogP) is 3.45. The molecule has 3 aromatic rings. The van der Waals surface area contributed by atoms with Crippen molar-refractivity contribution < 1.29 is 9.53 Å². The van der Waals surface area contributed by atoms with Gasteiger partial charge in [-0.25, -0.2) is 10.8 Å². The average Bonchev–Trinajstić information content (AvgIpc) is 2.83. The summed E-state index contributed by atoms with van der Waals surface area (Å²) in [7, 11) is 1.59. The standard InChI is InChI=1S/C24H30N6O2/c1-4-7-21(19-8-6-11-26-14-19)30(25)23-16-27-15-20(29-23)17-9-10-18(22(12-17)32-3)13-24(31)28-5-2/h6,8-12,14-16,21H,4-5,7,13,25H2,1-3H3,(H,28,31). The van der Waals surface area contributed by atoms with Crippen LogP contribution in [0.15, 0.2) is 55.1 Å². The lowest BCUT2D eigenvalue weighted by Gasteiger charge is -2.28. The second-order valence-corrected chi connectivity index (χ2v) is 7.42. The fraction of sp³-hybridized carbons (Fsp3) is 0.333. The molecular formula is C24H30N6O2. The van der Waals surface area contributed by atoms with Gasteiger partial charge in [0.25, 0.3) is 0 Å². The number of hydrazine groups is 1. The number of methoxy groups -OCH3 is 1. The first-order chi connectivity index (χ1) is 15.6. The van der Waals surface area contributed by atoms with Crippen LogP contribution in [0.3, 0.4) is 0 Å². The van der Waals surface area contributed by atoms with Crippen LogP contribution >= 0.6 is 0 Å². The van der Waals surface area contributed by atoms with E-state index in [0.717, 1.165) is 29.5 Å². The van der Waals surface area contributed by atoms with E-state index < -0.39 is 0 Å². The highest BCUT2D eigenvalue weighted by molar-refractivity contribution is 5.79. The van der Waals surface area contributed by atoms with Crippen LogP contribution in [-0.2, 0) is 11.2 Å². The van der Waals surface area contributed by atoms with E-state index >= 15 is 0 Å². The Balaban J connectivity index is 1.88. The lowest BCUT2D eigenvalue weighted by molar-refractivity contribution is -0.120. The maximum Gasteiger partial charge on any atom is 0.224 e. The van der Waals surface area contributed by atoms with E-state index in [2.05, 4.69) is 22.2 Å². The molecule has 2 heterocycles. The van der Waals surface area contributed by atoms with Gasteiger partial charge in [0, 0.05) is 30.1 Å². The van der Waals surface area contributed by atoms with E-state index in [9.17, 15) is 4.79 Å². The van der Waals surface area contributed by atoms with Crippen LogP contribution in [0.4, 0.5) is 5.82 Å². The summed E-state index contributed by atoms with van der Waals surface area (Å²) in [4.78, 5) is 25.3. The number of nitrogens with two attached hydrogens (primary N) is 1. The third-order valence-electron chi connectivity index (χ3n) is 5.16. The molecule has 8 nitrogen and oxygen atoms in total. The molecule has 0 saturated carbocycles. The number of hydrogen-bond donors (Lipinski definition) is 2. The van der Waals surface area contributed by atoms with Crippen molar-refractivity contribution >= 4 is 11.7 Å². The first kappa shape index (κ1) is 23.1. The van der Waals surface area contributed by atoms with Gasteiger partial charge in [-0.2, -0.15) is 0 Å². The van der Waals surface area contributed by atoms with Gasteiger partial charge in [-0.1, -0.05) is 31.5 Å². The molecule has 32 heavy (non-hydrogen) atoms. The smallest absolute Gasteiger partial charge is 0.224 e. The summed E-state index contributed by atoms with van der Waals surface area (Å²) in [5.41, 5.74) is 3.34. The second kappa shape index (κ2) is 11.2. The number of carbonyl (C=O) groups is 1. The largest absolute Gasteiger partial charge is 0.496 e. The molecule has 0 fully saturated rings. The van der Waals surface area contributed by atoms with Crippen molar-refractivity contribution in [3.63, 3.8) is 0 Å². The molecule has 0 bridgehead atoms. The SMILES string of the molecule is CCCC(c1cccnc1)N(N)c1cncc(-c2ccc(CC(=O)NCC)c(OC)c2)n1. The van der Waals surface area contributed by atoms with Crippen LogP contribution in [0.1, 0.15) is 43.9 Å². The summed E-state index contributed by atoms with van der Waals surface area (Å²) in [5, 5.41) is 4.46. The zero-order chi connectivity index (χ0) is 22.9. The van der Waals surface area contributed by atoms with Crippen molar-refractivity contribution in [1.29, 1.82) is 0 Å². The maximum absolute atomic E-state index is 12.0. The van der Waals surface area contributed by atoms with Crippen LogP contribution in [0, 0.1) is 0 Å². The first-order valence-electron chi connectivity index (χ1n) is 10.8. The molecule has 0 saturated heterocycles. The number of nitrogens with one attached hydrogen (secondary N) is 1. The Hall–Kier alpha value is -3.52. The number of ether oxygens (including phenoxy) is 1. The van der Waals surface area contributed by atoms with Crippen LogP contribution in [-0.4, -0.2) is 34.5 Å². The second-order valence-electron chi connectivity index (χ2n) is 7.42. The molecule has 0 aliphatic carbocycles. The molecular weight excluding hydrogens is 404 g/mol. The fourth-order valence-electron chi connectivity index (χ4n) is 3.57. The Kier molecular flexibility index (Phi) is 8.10. The maximum atomic E-state index is 12.0. The normalized spacial score (nSPS) is 11.6. The molecule has 3 rings (SSSR count). The highest BCUT2D eigenvalue weighted by Gasteiger charge is 2.20. The number of rotatable bonds is 10. The van der Waals surface area contributed by atoms with Crippen LogP contribution < -0.4 is 20.9 Å². The van der Waals surface area contributed by atoms with Gasteiger partial charge >= 0.3 is 0 Å². The molecule has 0 spiro atoms. The van der Waals surface area contributed by atoms with Crippen molar-refractivity contribution in [3.8, 4) is 17.0 Å². The van der Waals surface area contributed by atoms with Crippen LogP contribution in [0.5, 0.6) is 5.75 Å². The quantitative estimate of drug-likeness (QED) is 0.372. The number of aromatic nitrogens is 3. The average molecular weight is 435 g/mol. The molecule has 1 amide bonds. The number of pyridine rings is 1. The van der Waals surface area contributed by atoms with Gasteiger partial charge in [-0.3, -0.25) is 19.8 Å². The lowest BCUT2D eigenvalue weighted by atomic mass is 10.0. The van der Waals surface area contributed by atoms with Gasteiger partial charge in [0.15, 0.2) is 5.82 Å². The van der Waals surface area contributed by atoms with E-state index in [1.165, 1.54) is 0 Å². The van der Waals surface area contributed by atoms with Gasteiger partial charge in [-0.15, -0.1) is 0 Å².